The number of aromatic nitrogens is 1. The molecule has 0 unspecified atom stereocenters. The lowest BCUT2D eigenvalue weighted by atomic mass is 10.1. The van der Waals surface area contributed by atoms with E-state index in [1.165, 1.54) is 7.11 Å². The van der Waals surface area contributed by atoms with Gasteiger partial charge in [-0.15, -0.1) is 0 Å². The highest BCUT2D eigenvalue weighted by atomic mass is 16.5. The van der Waals surface area contributed by atoms with Crippen molar-refractivity contribution in [2.24, 2.45) is 0 Å². The highest BCUT2D eigenvalue weighted by molar-refractivity contribution is 5.89. The van der Waals surface area contributed by atoms with E-state index in [9.17, 15) is 9.59 Å². The molecule has 1 aromatic heterocycles. The quantitative estimate of drug-likeness (QED) is 0.641. The Morgan fingerprint density at radius 1 is 1.12 bits per heavy atom. The Hall–Kier alpha value is -3.28. The van der Waals surface area contributed by atoms with Crippen LogP contribution >= 0.6 is 0 Å². The van der Waals surface area contributed by atoms with E-state index in [0.29, 0.717) is 17.9 Å². The first kappa shape index (κ1) is 17.5. The van der Waals surface area contributed by atoms with Gasteiger partial charge in [0.2, 0.25) is 0 Å². The van der Waals surface area contributed by atoms with Gasteiger partial charge in [-0.05, 0) is 36.2 Å². The third-order valence-corrected chi connectivity index (χ3v) is 4.02. The Kier molecular flexibility index (Phi) is 5.53. The zero-order valence-corrected chi connectivity index (χ0v) is 14.5. The summed E-state index contributed by atoms with van der Waals surface area (Å²) in [5.74, 6) is -0.216. The SMILES string of the molecule is COC(=O)c1cccc(OCC(=O)NCCc2c[nH]c3ccccc23)c1. The zero-order valence-electron chi connectivity index (χ0n) is 14.5. The molecule has 0 aliphatic carbocycles. The van der Waals surface area contributed by atoms with Gasteiger partial charge in [0.15, 0.2) is 6.61 Å². The zero-order chi connectivity index (χ0) is 18.4. The molecule has 1 heterocycles. The standard InChI is InChI=1S/C20H20N2O4/c1-25-20(24)14-5-4-6-16(11-14)26-13-19(23)21-10-9-15-12-22-18-8-3-2-7-17(15)18/h2-8,11-12,22H,9-10,13H2,1H3,(H,21,23). The lowest BCUT2D eigenvalue weighted by molar-refractivity contribution is -0.123. The number of para-hydroxylation sites is 1. The number of ether oxygens (including phenoxy) is 2. The van der Waals surface area contributed by atoms with Crippen LogP contribution in [-0.2, 0) is 16.0 Å². The fraction of sp³-hybridized carbons (Fsp3) is 0.200. The molecule has 0 aliphatic heterocycles. The number of methoxy groups -OCH3 is 1. The summed E-state index contributed by atoms with van der Waals surface area (Å²) >= 11 is 0. The van der Waals surface area contributed by atoms with Crippen LogP contribution in [0.15, 0.2) is 54.7 Å². The van der Waals surface area contributed by atoms with Crippen LogP contribution < -0.4 is 10.1 Å². The predicted octanol–water partition coefficient (Wildman–Crippen LogP) is 2.69. The first-order valence-corrected chi connectivity index (χ1v) is 8.30. The Morgan fingerprint density at radius 2 is 1.96 bits per heavy atom. The second-order valence-electron chi connectivity index (χ2n) is 5.77. The lowest BCUT2D eigenvalue weighted by Gasteiger charge is -2.08. The summed E-state index contributed by atoms with van der Waals surface area (Å²) in [6.45, 7) is 0.407. The number of rotatable bonds is 7. The number of H-pyrrole nitrogens is 1. The summed E-state index contributed by atoms with van der Waals surface area (Å²) in [5.41, 5.74) is 2.62. The predicted molar refractivity (Wildman–Crippen MR) is 98.3 cm³/mol. The molecule has 0 spiro atoms. The van der Waals surface area contributed by atoms with E-state index < -0.39 is 5.97 Å². The normalized spacial score (nSPS) is 10.5. The molecule has 2 N–H and O–H groups in total. The van der Waals surface area contributed by atoms with E-state index in [1.54, 1.807) is 24.3 Å². The fourth-order valence-electron chi connectivity index (χ4n) is 2.71. The summed E-state index contributed by atoms with van der Waals surface area (Å²) in [5, 5.41) is 4.00. The summed E-state index contributed by atoms with van der Waals surface area (Å²) in [6, 6.07) is 14.6. The van der Waals surface area contributed by atoms with E-state index >= 15 is 0 Å². The van der Waals surface area contributed by atoms with Crippen molar-refractivity contribution in [1.29, 1.82) is 0 Å². The molecular weight excluding hydrogens is 332 g/mol. The van der Waals surface area contributed by atoms with E-state index in [1.807, 2.05) is 24.4 Å². The third kappa shape index (κ3) is 4.22. The fourth-order valence-corrected chi connectivity index (χ4v) is 2.71. The Bertz CT molecular complexity index is 917. The maximum absolute atomic E-state index is 11.9. The molecule has 0 saturated heterocycles. The number of nitrogens with one attached hydrogen (secondary N) is 2. The van der Waals surface area contributed by atoms with Crippen molar-refractivity contribution in [2.75, 3.05) is 20.3 Å². The van der Waals surface area contributed by atoms with Crippen molar-refractivity contribution in [2.45, 2.75) is 6.42 Å². The van der Waals surface area contributed by atoms with Gasteiger partial charge in [-0.2, -0.15) is 0 Å². The van der Waals surface area contributed by atoms with E-state index in [4.69, 9.17) is 4.74 Å². The summed E-state index contributed by atoms with van der Waals surface area (Å²) in [7, 11) is 1.32. The van der Waals surface area contributed by atoms with Gasteiger partial charge in [0.05, 0.1) is 12.7 Å². The molecule has 3 rings (SSSR count). The van der Waals surface area contributed by atoms with Crippen molar-refractivity contribution in [1.82, 2.24) is 10.3 Å². The van der Waals surface area contributed by atoms with Gasteiger partial charge in [-0.1, -0.05) is 24.3 Å². The molecule has 6 heteroatoms. The number of carbonyl (C=O) groups is 2. The molecule has 3 aromatic rings. The summed E-state index contributed by atoms with van der Waals surface area (Å²) in [4.78, 5) is 26.7. The Balaban J connectivity index is 1.47. The first-order valence-electron chi connectivity index (χ1n) is 8.30. The molecule has 0 saturated carbocycles. The topological polar surface area (TPSA) is 80.4 Å². The van der Waals surface area contributed by atoms with E-state index in [0.717, 1.165) is 22.9 Å². The molecule has 6 nitrogen and oxygen atoms in total. The van der Waals surface area contributed by atoms with Gasteiger partial charge in [0.1, 0.15) is 5.75 Å². The van der Waals surface area contributed by atoms with Crippen LogP contribution in [0.1, 0.15) is 15.9 Å². The van der Waals surface area contributed by atoms with Crippen LogP contribution in [0.3, 0.4) is 0 Å². The second-order valence-corrected chi connectivity index (χ2v) is 5.77. The minimum atomic E-state index is -0.446. The smallest absolute Gasteiger partial charge is 0.337 e. The van der Waals surface area contributed by atoms with Gasteiger partial charge < -0.3 is 19.8 Å². The maximum atomic E-state index is 11.9. The molecule has 2 aromatic carbocycles. The minimum Gasteiger partial charge on any atom is -0.484 e. The van der Waals surface area contributed by atoms with E-state index in [-0.39, 0.29) is 12.5 Å². The Labute approximate surface area is 151 Å². The van der Waals surface area contributed by atoms with Gasteiger partial charge in [0.25, 0.3) is 5.91 Å². The molecule has 134 valence electrons. The molecule has 0 aliphatic rings. The Morgan fingerprint density at radius 3 is 2.81 bits per heavy atom. The average Bonchev–Trinajstić information content (AvgIpc) is 3.09. The van der Waals surface area contributed by atoms with Crippen molar-refractivity contribution < 1.29 is 19.1 Å². The molecule has 0 fully saturated rings. The molecule has 0 bridgehead atoms. The van der Waals surface area contributed by atoms with Crippen molar-refractivity contribution in [3.05, 3.63) is 65.9 Å². The van der Waals surface area contributed by atoms with Gasteiger partial charge >= 0.3 is 5.97 Å². The molecule has 0 radical (unpaired) electrons. The van der Waals surface area contributed by atoms with Crippen LogP contribution in [0, 0.1) is 0 Å². The van der Waals surface area contributed by atoms with Crippen LogP contribution in [0.2, 0.25) is 0 Å². The summed E-state index contributed by atoms with van der Waals surface area (Å²) in [6.07, 6.45) is 2.69. The highest BCUT2D eigenvalue weighted by Gasteiger charge is 2.08. The highest BCUT2D eigenvalue weighted by Crippen LogP contribution is 2.17. The minimum absolute atomic E-state index is 0.113. The number of amides is 1. The monoisotopic (exact) mass is 352 g/mol. The van der Waals surface area contributed by atoms with Crippen molar-refractivity contribution in [3.63, 3.8) is 0 Å². The maximum Gasteiger partial charge on any atom is 0.337 e. The number of hydrogen-bond donors (Lipinski definition) is 2. The molecule has 26 heavy (non-hydrogen) atoms. The molecule has 1 amide bonds. The third-order valence-electron chi connectivity index (χ3n) is 4.02. The number of carbonyl (C=O) groups excluding carboxylic acids is 2. The van der Waals surface area contributed by atoms with Crippen LogP contribution in [0.4, 0.5) is 0 Å². The number of hydrogen-bond acceptors (Lipinski definition) is 4. The van der Waals surface area contributed by atoms with Crippen molar-refractivity contribution in [3.8, 4) is 5.75 Å². The first-order chi connectivity index (χ1) is 12.7. The van der Waals surface area contributed by atoms with Crippen molar-refractivity contribution >= 4 is 22.8 Å². The van der Waals surface area contributed by atoms with Gasteiger partial charge in [0, 0.05) is 23.6 Å². The van der Waals surface area contributed by atoms with E-state index in [2.05, 4.69) is 21.1 Å². The van der Waals surface area contributed by atoms with Crippen LogP contribution in [0.5, 0.6) is 5.75 Å². The van der Waals surface area contributed by atoms with Crippen LogP contribution in [-0.4, -0.2) is 37.1 Å². The lowest BCUT2D eigenvalue weighted by Crippen LogP contribution is -2.30. The summed E-state index contributed by atoms with van der Waals surface area (Å²) < 4.78 is 10.1. The average molecular weight is 352 g/mol. The van der Waals surface area contributed by atoms with Crippen LogP contribution in [0.25, 0.3) is 10.9 Å². The number of benzene rings is 2. The number of aromatic amines is 1. The second kappa shape index (κ2) is 8.20. The molecule has 0 atom stereocenters. The van der Waals surface area contributed by atoms with Gasteiger partial charge in [-0.3, -0.25) is 4.79 Å². The number of fused-ring (bicyclic) bond motifs is 1. The molecular formula is C20H20N2O4. The largest absolute Gasteiger partial charge is 0.484 e. The number of esters is 1. The van der Waals surface area contributed by atoms with Gasteiger partial charge in [-0.25, -0.2) is 4.79 Å².